The number of hydrogen-bond acceptors (Lipinski definition) is 6. The minimum absolute atomic E-state index is 0.0909. The number of rotatable bonds is 3. The summed E-state index contributed by atoms with van der Waals surface area (Å²) in [6.45, 7) is 5.37. The first kappa shape index (κ1) is 17.1. The summed E-state index contributed by atoms with van der Waals surface area (Å²) < 4.78 is 6.27. The number of anilines is 1. The van der Waals surface area contributed by atoms with Gasteiger partial charge in [0.25, 0.3) is 0 Å². The van der Waals surface area contributed by atoms with E-state index in [-0.39, 0.29) is 11.9 Å². The molecule has 0 aromatic carbocycles. The van der Waals surface area contributed by atoms with Gasteiger partial charge in [0, 0.05) is 25.2 Å². The molecule has 4 aromatic heterocycles. The molecular weight excluding hydrogens is 376 g/mol. The Morgan fingerprint density at radius 3 is 3.07 bits per heavy atom. The molecule has 0 saturated carbocycles. The van der Waals surface area contributed by atoms with E-state index in [2.05, 4.69) is 41.2 Å². The molecule has 9 nitrogen and oxygen atoms in total. The fourth-order valence-corrected chi connectivity index (χ4v) is 4.64. The van der Waals surface area contributed by atoms with Crippen molar-refractivity contribution in [3.05, 3.63) is 36.0 Å². The van der Waals surface area contributed by atoms with Crippen LogP contribution in [0.1, 0.15) is 30.8 Å². The van der Waals surface area contributed by atoms with Gasteiger partial charge in [-0.3, -0.25) is 9.72 Å². The van der Waals surface area contributed by atoms with E-state index in [0.717, 1.165) is 39.8 Å². The van der Waals surface area contributed by atoms with Crippen LogP contribution < -0.4 is 5.32 Å². The quantitative estimate of drug-likeness (QED) is 0.554. The van der Waals surface area contributed by atoms with E-state index in [9.17, 15) is 4.79 Å². The van der Waals surface area contributed by atoms with E-state index < -0.39 is 0 Å². The van der Waals surface area contributed by atoms with E-state index in [1.807, 2.05) is 30.2 Å². The summed E-state index contributed by atoms with van der Waals surface area (Å²) >= 11 is 1.30. The molecule has 0 aliphatic carbocycles. The lowest BCUT2D eigenvalue weighted by molar-refractivity contribution is 0.220. The van der Waals surface area contributed by atoms with Gasteiger partial charge in [-0.25, -0.2) is 9.78 Å². The number of likely N-dealkylation sites (tertiary alicyclic amines) is 1. The topological polar surface area (TPSA) is 104 Å². The van der Waals surface area contributed by atoms with Crippen LogP contribution in [0.3, 0.4) is 0 Å². The number of hydrogen-bond donors (Lipinski definition) is 2. The lowest BCUT2D eigenvalue weighted by atomic mass is 9.93. The lowest BCUT2D eigenvalue weighted by Crippen LogP contribution is -2.33. The Morgan fingerprint density at radius 2 is 2.29 bits per heavy atom. The Morgan fingerprint density at radius 1 is 1.39 bits per heavy atom. The van der Waals surface area contributed by atoms with Crippen LogP contribution in [0.25, 0.3) is 16.8 Å². The molecule has 0 bridgehead atoms. The lowest BCUT2D eigenvalue weighted by Gasteiger charge is -2.16. The zero-order valence-corrected chi connectivity index (χ0v) is 16.4. The van der Waals surface area contributed by atoms with Crippen LogP contribution >= 0.6 is 11.5 Å². The molecule has 4 aromatic rings. The van der Waals surface area contributed by atoms with Crippen molar-refractivity contribution in [2.75, 3.05) is 18.4 Å². The largest absolute Gasteiger partial charge is 0.345 e. The molecule has 0 spiro atoms. The average molecular weight is 396 g/mol. The first-order valence-corrected chi connectivity index (χ1v) is 10.1. The number of aromatic amines is 1. The van der Waals surface area contributed by atoms with Crippen molar-refractivity contribution >= 4 is 39.4 Å². The fraction of sp³-hybridized carbons (Fsp3) is 0.389. The molecule has 0 unspecified atom stereocenters. The number of nitrogens with zero attached hydrogens (tertiary/aromatic N) is 6. The Hall–Kier alpha value is -3.01. The highest BCUT2D eigenvalue weighted by atomic mass is 32.1. The molecule has 1 aliphatic rings. The maximum atomic E-state index is 12.8. The number of H-pyrrole nitrogens is 1. The number of nitrogens with one attached hydrogen (secondary N) is 2. The van der Waals surface area contributed by atoms with Gasteiger partial charge in [-0.05, 0) is 36.5 Å². The third-order valence-electron chi connectivity index (χ3n) is 5.41. The van der Waals surface area contributed by atoms with Gasteiger partial charge in [-0.1, -0.05) is 13.3 Å². The number of urea groups is 1. The van der Waals surface area contributed by atoms with Gasteiger partial charge >= 0.3 is 6.03 Å². The molecule has 1 saturated heterocycles. The summed E-state index contributed by atoms with van der Waals surface area (Å²) in [5, 5.41) is 12.5. The number of amides is 2. The normalized spacial score (nSPS) is 19.7. The van der Waals surface area contributed by atoms with Crippen LogP contribution in [-0.2, 0) is 0 Å². The zero-order chi connectivity index (χ0) is 19.3. The number of carbonyl (C=O) groups excluding carboxylic acids is 1. The molecule has 144 valence electrons. The number of fused-ring (bicyclic) bond motifs is 3. The summed E-state index contributed by atoms with van der Waals surface area (Å²) in [5.74, 6) is 1.33. The van der Waals surface area contributed by atoms with Crippen molar-refractivity contribution in [1.82, 2.24) is 33.8 Å². The maximum Gasteiger partial charge on any atom is 0.322 e. The van der Waals surface area contributed by atoms with Gasteiger partial charge in [-0.2, -0.15) is 4.37 Å². The predicted molar refractivity (Wildman–Crippen MR) is 107 cm³/mol. The highest BCUT2D eigenvalue weighted by Gasteiger charge is 2.38. The van der Waals surface area contributed by atoms with Crippen molar-refractivity contribution in [1.29, 1.82) is 0 Å². The minimum atomic E-state index is -0.0909. The van der Waals surface area contributed by atoms with E-state index in [0.29, 0.717) is 19.0 Å². The summed E-state index contributed by atoms with van der Waals surface area (Å²) in [4.78, 5) is 22.2. The Balaban J connectivity index is 1.46. The number of carbonyl (C=O) groups is 1. The Kier molecular flexibility index (Phi) is 4.00. The number of aromatic nitrogens is 6. The van der Waals surface area contributed by atoms with Crippen LogP contribution in [0.2, 0.25) is 0 Å². The minimum Gasteiger partial charge on any atom is -0.345 e. The third kappa shape index (κ3) is 2.71. The van der Waals surface area contributed by atoms with E-state index in [4.69, 9.17) is 0 Å². The molecule has 1 fully saturated rings. The molecule has 5 rings (SSSR count). The summed E-state index contributed by atoms with van der Waals surface area (Å²) in [6, 6.07) is 3.77. The maximum absolute atomic E-state index is 12.8. The highest BCUT2D eigenvalue weighted by molar-refractivity contribution is 7.10. The molecule has 0 radical (unpaired) electrons. The molecule has 28 heavy (non-hydrogen) atoms. The monoisotopic (exact) mass is 396 g/mol. The van der Waals surface area contributed by atoms with Crippen molar-refractivity contribution in [2.45, 2.75) is 26.2 Å². The second-order valence-electron chi connectivity index (χ2n) is 7.16. The van der Waals surface area contributed by atoms with Crippen molar-refractivity contribution in [3.8, 4) is 0 Å². The van der Waals surface area contributed by atoms with Crippen molar-refractivity contribution < 1.29 is 4.79 Å². The van der Waals surface area contributed by atoms with Gasteiger partial charge in [-0.15, -0.1) is 10.2 Å². The zero-order valence-electron chi connectivity index (χ0n) is 15.6. The first-order valence-electron chi connectivity index (χ1n) is 9.30. The summed E-state index contributed by atoms with van der Waals surface area (Å²) in [6.07, 6.45) is 4.55. The summed E-state index contributed by atoms with van der Waals surface area (Å²) in [5.41, 5.74) is 3.38. The number of aryl methyl sites for hydroxylation is 1. The SMILES string of the molecule is CC[C@@H]1CN(C(=O)Nc2cc(C)ns2)C[C@@H]1c1nnc2cnc3[nH]ccc3n12. The van der Waals surface area contributed by atoms with Gasteiger partial charge in [0.15, 0.2) is 11.3 Å². The third-order valence-corrected chi connectivity index (χ3v) is 6.21. The predicted octanol–water partition coefficient (Wildman–Crippen LogP) is 3.03. The van der Waals surface area contributed by atoms with E-state index in [1.165, 1.54) is 11.5 Å². The molecule has 2 N–H and O–H groups in total. The van der Waals surface area contributed by atoms with Crippen molar-refractivity contribution in [3.63, 3.8) is 0 Å². The molecule has 5 heterocycles. The smallest absolute Gasteiger partial charge is 0.322 e. The van der Waals surface area contributed by atoms with E-state index >= 15 is 0 Å². The molecular formula is C18H20N8OS. The van der Waals surface area contributed by atoms with Crippen LogP contribution in [0, 0.1) is 12.8 Å². The van der Waals surface area contributed by atoms with Gasteiger partial charge in [0.05, 0.1) is 17.4 Å². The molecule has 2 atom stereocenters. The van der Waals surface area contributed by atoms with Crippen LogP contribution in [-0.4, -0.2) is 53.0 Å². The summed E-state index contributed by atoms with van der Waals surface area (Å²) in [7, 11) is 0. The average Bonchev–Trinajstić information content (AvgIpc) is 3.45. The van der Waals surface area contributed by atoms with Gasteiger partial charge in [0.1, 0.15) is 10.8 Å². The second-order valence-corrected chi connectivity index (χ2v) is 7.97. The van der Waals surface area contributed by atoms with Crippen LogP contribution in [0.15, 0.2) is 24.5 Å². The van der Waals surface area contributed by atoms with Gasteiger partial charge < -0.3 is 9.88 Å². The highest BCUT2D eigenvalue weighted by Crippen LogP contribution is 2.35. The molecule has 2 amide bonds. The van der Waals surface area contributed by atoms with Crippen LogP contribution in [0.5, 0.6) is 0 Å². The first-order chi connectivity index (χ1) is 13.6. The van der Waals surface area contributed by atoms with Crippen molar-refractivity contribution in [2.24, 2.45) is 5.92 Å². The fourth-order valence-electron chi connectivity index (χ4n) is 3.99. The Bertz CT molecular complexity index is 1160. The standard InChI is InChI=1S/C18H20N8OS/c1-3-11-8-25(18(27)21-15-6-10(2)24-28-15)9-12(11)17-23-22-14-7-20-16-13(26(14)17)4-5-19-16/h4-7,11-12,19H,3,8-9H2,1-2H3,(H,21,27)/t11-,12+/m1/s1. The van der Waals surface area contributed by atoms with Gasteiger partial charge in [0.2, 0.25) is 0 Å². The van der Waals surface area contributed by atoms with E-state index in [1.54, 1.807) is 6.20 Å². The molecule has 10 heteroatoms. The van der Waals surface area contributed by atoms with Crippen LogP contribution in [0.4, 0.5) is 9.80 Å². The Labute approximate surface area is 165 Å². The second kappa shape index (κ2) is 6.55. The molecule has 1 aliphatic heterocycles.